The topological polar surface area (TPSA) is 27.1 Å². The summed E-state index contributed by atoms with van der Waals surface area (Å²) in [5.74, 6) is 1.52. The number of rotatable bonds is 3. The molecule has 2 aromatic carbocycles. The maximum Gasteiger partial charge on any atom is 0.105 e. The van der Waals surface area contributed by atoms with Crippen LogP contribution in [0.1, 0.15) is 35.4 Å². The zero-order valence-electron chi connectivity index (χ0n) is 11.9. The number of para-hydroxylation sites is 1. The zero-order valence-corrected chi connectivity index (χ0v) is 12.7. The van der Waals surface area contributed by atoms with E-state index in [9.17, 15) is 0 Å². The lowest BCUT2D eigenvalue weighted by Crippen LogP contribution is -2.25. The number of amidine groups is 1. The molecular formula is C18H19ClN2. The van der Waals surface area contributed by atoms with Crippen molar-refractivity contribution in [2.45, 2.75) is 31.7 Å². The summed E-state index contributed by atoms with van der Waals surface area (Å²) in [7, 11) is 0. The quantitative estimate of drug-likeness (QED) is 0.886. The minimum atomic E-state index is 0. The van der Waals surface area contributed by atoms with Crippen molar-refractivity contribution in [1.82, 2.24) is 0 Å². The average Bonchev–Trinajstić information content (AvgIpc) is 3.26. The summed E-state index contributed by atoms with van der Waals surface area (Å²) >= 11 is 0. The fourth-order valence-electron chi connectivity index (χ4n) is 3.02. The number of fused-ring (bicyclic) bond motifs is 1. The minimum Gasteiger partial charge on any atom is -0.325 e. The SMILES string of the molecule is Cl.N=C1Cc2ccccc2N1Cc1ccc(C2CC2)cc1. The molecule has 0 atom stereocenters. The van der Waals surface area contributed by atoms with Crippen LogP contribution in [-0.2, 0) is 13.0 Å². The molecule has 0 amide bonds. The van der Waals surface area contributed by atoms with E-state index < -0.39 is 0 Å². The number of hydrogen-bond donors (Lipinski definition) is 1. The summed E-state index contributed by atoms with van der Waals surface area (Å²) in [5, 5.41) is 8.19. The van der Waals surface area contributed by atoms with Crippen molar-refractivity contribution in [1.29, 1.82) is 5.41 Å². The van der Waals surface area contributed by atoms with Crippen molar-refractivity contribution in [3.63, 3.8) is 0 Å². The fraction of sp³-hybridized carbons (Fsp3) is 0.278. The summed E-state index contributed by atoms with van der Waals surface area (Å²) in [4.78, 5) is 2.13. The van der Waals surface area contributed by atoms with Gasteiger partial charge in [-0.15, -0.1) is 12.4 Å². The predicted molar refractivity (Wildman–Crippen MR) is 89.7 cm³/mol. The van der Waals surface area contributed by atoms with E-state index in [0.29, 0.717) is 5.84 Å². The molecule has 21 heavy (non-hydrogen) atoms. The first-order valence-corrected chi connectivity index (χ1v) is 7.33. The Morgan fingerprint density at radius 3 is 2.43 bits per heavy atom. The van der Waals surface area contributed by atoms with Gasteiger partial charge in [-0.3, -0.25) is 5.41 Å². The van der Waals surface area contributed by atoms with Crippen LogP contribution in [0.25, 0.3) is 0 Å². The number of benzene rings is 2. The molecule has 1 aliphatic heterocycles. The Bertz CT molecular complexity index is 659. The lowest BCUT2D eigenvalue weighted by Gasteiger charge is -2.19. The van der Waals surface area contributed by atoms with Gasteiger partial charge in [0.15, 0.2) is 0 Å². The molecule has 0 unspecified atom stereocenters. The Morgan fingerprint density at radius 2 is 1.71 bits per heavy atom. The largest absolute Gasteiger partial charge is 0.325 e. The summed E-state index contributed by atoms with van der Waals surface area (Å²) < 4.78 is 0. The Hall–Kier alpha value is -1.80. The van der Waals surface area contributed by atoms with Crippen LogP contribution in [-0.4, -0.2) is 5.84 Å². The monoisotopic (exact) mass is 298 g/mol. The first-order valence-electron chi connectivity index (χ1n) is 7.33. The highest BCUT2D eigenvalue weighted by Gasteiger charge is 2.25. The van der Waals surface area contributed by atoms with Crippen LogP contribution in [0.3, 0.4) is 0 Å². The first kappa shape index (κ1) is 14.2. The molecule has 0 bridgehead atoms. The summed E-state index contributed by atoms with van der Waals surface area (Å²) in [6.45, 7) is 0.806. The number of hydrogen-bond acceptors (Lipinski definition) is 1. The number of anilines is 1. The van der Waals surface area contributed by atoms with E-state index in [1.807, 2.05) is 0 Å². The first-order chi connectivity index (χ1) is 9.81. The molecule has 2 aromatic rings. The molecular weight excluding hydrogens is 280 g/mol. The van der Waals surface area contributed by atoms with Crippen molar-refractivity contribution >= 4 is 23.9 Å². The van der Waals surface area contributed by atoms with Crippen molar-refractivity contribution < 1.29 is 0 Å². The van der Waals surface area contributed by atoms with Gasteiger partial charge in [0.1, 0.15) is 5.84 Å². The van der Waals surface area contributed by atoms with Gasteiger partial charge in [-0.1, -0.05) is 42.5 Å². The van der Waals surface area contributed by atoms with Crippen molar-refractivity contribution in [2.75, 3.05) is 4.90 Å². The fourth-order valence-corrected chi connectivity index (χ4v) is 3.02. The van der Waals surface area contributed by atoms with E-state index in [0.717, 1.165) is 18.9 Å². The summed E-state index contributed by atoms with van der Waals surface area (Å²) in [5.41, 5.74) is 5.23. The van der Waals surface area contributed by atoms with E-state index in [4.69, 9.17) is 5.41 Å². The lowest BCUT2D eigenvalue weighted by molar-refractivity contribution is 1.00. The van der Waals surface area contributed by atoms with Gasteiger partial charge in [0.2, 0.25) is 0 Å². The van der Waals surface area contributed by atoms with E-state index >= 15 is 0 Å². The van der Waals surface area contributed by atoms with Gasteiger partial charge in [0.05, 0.1) is 0 Å². The maximum atomic E-state index is 8.19. The second-order valence-electron chi connectivity index (χ2n) is 5.85. The highest BCUT2D eigenvalue weighted by Crippen LogP contribution is 2.40. The second-order valence-corrected chi connectivity index (χ2v) is 5.85. The lowest BCUT2D eigenvalue weighted by atomic mass is 10.1. The van der Waals surface area contributed by atoms with E-state index in [-0.39, 0.29) is 12.4 Å². The molecule has 2 aliphatic rings. The second kappa shape index (κ2) is 5.53. The van der Waals surface area contributed by atoms with Crippen molar-refractivity contribution in [3.05, 3.63) is 65.2 Å². The molecule has 0 spiro atoms. The third kappa shape index (κ3) is 2.68. The van der Waals surface area contributed by atoms with Gasteiger partial charge in [0, 0.05) is 18.7 Å². The third-order valence-electron chi connectivity index (χ3n) is 4.34. The molecule has 1 aliphatic carbocycles. The van der Waals surface area contributed by atoms with Gasteiger partial charge in [-0.2, -0.15) is 0 Å². The van der Waals surface area contributed by atoms with Gasteiger partial charge >= 0.3 is 0 Å². The maximum absolute atomic E-state index is 8.19. The predicted octanol–water partition coefficient (Wildman–Crippen LogP) is 4.53. The van der Waals surface area contributed by atoms with Crippen LogP contribution < -0.4 is 4.90 Å². The molecule has 0 aromatic heterocycles. The van der Waals surface area contributed by atoms with Gasteiger partial charge in [0.25, 0.3) is 0 Å². The molecule has 4 rings (SSSR count). The molecule has 1 fully saturated rings. The Kier molecular flexibility index (Phi) is 3.73. The zero-order chi connectivity index (χ0) is 13.5. The molecule has 1 N–H and O–H groups in total. The van der Waals surface area contributed by atoms with Crippen LogP contribution in [0.2, 0.25) is 0 Å². The van der Waals surface area contributed by atoms with E-state index in [1.54, 1.807) is 0 Å². The van der Waals surface area contributed by atoms with Crippen LogP contribution in [0.4, 0.5) is 5.69 Å². The van der Waals surface area contributed by atoms with Gasteiger partial charge in [-0.25, -0.2) is 0 Å². The number of halogens is 1. The van der Waals surface area contributed by atoms with Gasteiger partial charge in [-0.05, 0) is 41.5 Å². The average molecular weight is 299 g/mol. The minimum absolute atomic E-state index is 0. The smallest absolute Gasteiger partial charge is 0.105 e. The Labute approximate surface area is 131 Å². The molecule has 1 saturated carbocycles. The molecule has 3 heteroatoms. The molecule has 108 valence electrons. The van der Waals surface area contributed by atoms with Crippen molar-refractivity contribution in [3.8, 4) is 0 Å². The Morgan fingerprint density at radius 1 is 1.00 bits per heavy atom. The van der Waals surface area contributed by atoms with E-state index in [2.05, 4.69) is 53.4 Å². The third-order valence-corrected chi connectivity index (χ3v) is 4.34. The number of nitrogens with one attached hydrogen (secondary N) is 1. The molecule has 2 nitrogen and oxygen atoms in total. The van der Waals surface area contributed by atoms with Crippen LogP contribution in [0.15, 0.2) is 48.5 Å². The summed E-state index contributed by atoms with van der Waals surface area (Å²) in [6, 6.07) is 17.3. The normalized spacial score (nSPS) is 16.6. The molecule has 0 radical (unpaired) electrons. The van der Waals surface area contributed by atoms with Crippen LogP contribution >= 0.6 is 12.4 Å². The highest BCUT2D eigenvalue weighted by atomic mass is 35.5. The standard InChI is InChI=1S/C18H18N2.ClH/c19-18-11-16-3-1-2-4-17(16)20(18)12-13-5-7-14(8-6-13)15-9-10-15;/h1-8,15,19H,9-12H2;1H. The molecule has 1 heterocycles. The molecule has 0 saturated heterocycles. The van der Waals surface area contributed by atoms with Crippen LogP contribution in [0.5, 0.6) is 0 Å². The van der Waals surface area contributed by atoms with Crippen LogP contribution in [0, 0.1) is 5.41 Å². The summed E-state index contributed by atoms with van der Waals surface area (Å²) in [6.07, 6.45) is 3.46. The highest BCUT2D eigenvalue weighted by molar-refractivity contribution is 6.03. The van der Waals surface area contributed by atoms with Crippen molar-refractivity contribution in [2.24, 2.45) is 0 Å². The Balaban J connectivity index is 0.00000132. The number of nitrogens with zero attached hydrogens (tertiary/aromatic N) is 1. The van der Waals surface area contributed by atoms with E-state index in [1.165, 1.54) is 35.2 Å². The van der Waals surface area contributed by atoms with Gasteiger partial charge < -0.3 is 4.90 Å².